The van der Waals surface area contributed by atoms with Crippen LogP contribution >= 0.6 is 0 Å². The van der Waals surface area contributed by atoms with Crippen LogP contribution in [-0.2, 0) is 5.41 Å². The number of benzene rings is 1. The Morgan fingerprint density at radius 2 is 1.84 bits per heavy atom. The van der Waals surface area contributed by atoms with E-state index in [2.05, 4.69) is 51.2 Å². The molecule has 2 heteroatoms. The van der Waals surface area contributed by atoms with E-state index in [1.54, 1.807) is 0 Å². The highest BCUT2D eigenvalue weighted by Gasteiger charge is 2.46. The lowest BCUT2D eigenvalue weighted by Crippen LogP contribution is -2.55. The molecule has 0 radical (unpaired) electrons. The zero-order chi connectivity index (χ0) is 14.1. The van der Waals surface area contributed by atoms with Crippen LogP contribution in [0.2, 0.25) is 0 Å². The Balaban J connectivity index is 2.00. The monoisotopic (exact) mass is 256 g/mol. The summed E-state index contributed by atoms with van der Waals surface area (Å²) >= 11 is 0. The maximum atomic E-state index is 9.52. The fourth-order valence-electron chi connectivity index (χ4n) is 2.65. The van der Waals surface area contributed by atoms with Crippen LogP contribution in [-0.4, -0.2) is 12.1 Å². The Morgan fingerprint density at radius 1 is 1.26 bits per heavy atom. The van der Waals surface area contributed by atoms with Gasteiger partial charge in [-0.1, -0.05) is 51.1 Å². The molecule has 1 fully saturated rings. The third kappa shape index (κ3) is 2.82. The Labute approximate surface area is 116 Å². The number of nitriles is 1. The van der Waals surface area contributed by atoms with Gasteiger partial charge in [-0.25, -0.2) is 0 Å². The van der Waals surface area contributed by atoms with Crippen molar-refractivity contribution in [2.75, 3.05) is 0 Å². The van der Waals surface area contributed by atoms with E-state index in [1.165, 1.54) is 5.56 Å². The molecular weight excluding hydrogens is 232 g/mol. The van der Waals surface area contributed by atoms with Gasteiger partial charge in [-0.05, 0) is 30.7 Å². The van der Waals surface area contributed by atoms with Crippen molar-refractivity contribution >= 4 is 0 Å². The second-order valence-corrected chi connectivity index (χ2v) is 6.92. The van der Waals surface area contributed by atoms with E-state index in [0.29, 0.717) is 12.1 Å². The van der Waals surface area contributed by atoms with Gasteiger partial charge in [0, 0.05) is 12.1 Å². The quantitative estimate of drug-likeness (QED) is 0.896. The molecule has 1 N–H and O–H groups in total. The molecule has 1 atom stereocenters. The molecule has 0 bridgehead atoms. The molecule has 0 spiro atoms. The number of nitrogens with one attached hydrogen (secondary N) is 1. The average molecular weight is 256 g/mol. The first-order valence-electron chi connectivity index (χ1n) is 7.10. The van der Waals surface area contributed by atoms with Gasteiger partial charge in [0.25, 0.3) is 0 Å². The molecule has 1 aliphatic rings. The molecule has 19 heavy (non-hydrogen) atoms. The van der Waals surface area contributed by atoms with Crippen LogP contribution in [0.15, 0.2) is 30.3 Å². The maximum absolute atomic E-state index is 9.52. The van der Waals surface area contributed by atoms with Gasteiger partial charge in [0.2, 0.25) is 0 Å². The second kappa shape index (κ2) is 4.98. The summed E-state index contributed by atoms with van der Waals surface area (Å²) < 4.78 is 0. The summed E-state index contributed by atoms with van der Waals surface area (Å²) in [6.45, 7) is 8.98. The van der Waals surface area contributed by atoms with Crippen LogP contribution in [0.25, 0.3) is 0 Å². The SMILES string of the molecule is CC(NC1CC(C#N)(c2ccccc2)C1)C(C)(C)C. The lowest BCUT2D eigenvalue weighted by molar-refractivity contribution is 0.170. The Hall–Kier alpha value is -1.33. The third-order valence-electron chi connectivity index (χ3n) is 4.51. The predicted molar refractivity (Wildman–Crippen MR) is 78.8 cm³/mol. The minimum Gasteiger partial charge on any atom is -0.311 e. The van der Waals surface area contributed by atoms with Gasteiger partial charge >= 0.3 is 0 Å². The van der Waals surface area contributed by atoms with Gasteiger partial charge in [-0.2, -0.15) is 5.26 Å². The van der Waals surface area contributed by atoms with Crippen LogP contribution in [0.3, 0.4) is 0 Å². The van der Waals surface area contributed by atoms with Gasteiger partial charge in [-0.3, -0.25) is 0 Å². The summed E-state index contributed by atoms with van der Waals surface area (Å²) in [6, 6.07) is 13.7. The van der Waals surface area contributed by atoms with Gasteiger partial charge < -0.3 is 5.32 Å². The molecule has 1 saturated carbocycles. The van der Waals surface area contributed by atoms with Gasteiger partial charge in [0.15, 0.2) is 0 Å². The summed E-state index contributed by atoms with van der Waals surface area (Å²) in [6.07, 6.45) is 1.85. The first kappa shape index (κ1) is 14.1. The average Bonchev–Trinajstić information content (AvgIpc) is 2.33. The molecule has 1 aromatic carbocycles. The molecule has 0 heterocycles. The van der Waals surface area contributed by atoms with Crippen molar-refractivity contribution < 1.29 is 0 Å². The molecule has 0 aromatic heterocycles. The van der Waals surface area contributed by atoms with Crippen LogP contribution < -0.4 is 5.32 Å². The fraction of sp³-hybridized carbons (Fsp3) is 0.588. The Kier molecular flexibility index (Phi) is 3.69. The lowest BCUT2D eigenvalue weighted by atomic mass is 9.62. The number of rotatable bonds is 3. The standard InChI is InChI=1S/C17H24N2/c1-13(16(2,3)4)19-15-10-17(11-15,12-18)14-8-6-5-7-9-14/h5-9,13,15,19H,10-11H2,1-4H3. The molecule has 1 aliphatic carbocycles. The zero-order valence-corrected chi connectivity index (χ0v) is 12.4. The second-order valence-electron chi connectivity index (χ2n) is 6.92. The topological polar surface area (TPSA) is 35.8 Å². The van der Waals surface area contributed by atoms with Crippen molar-refractivity contribution in [3.63, 3.8) is 0 Å². The highest BCUT2D eigenvalue weighted by atomic mass is 15.0. The lowest BCUT2D eigenvalue weighted by Gasteiger charge is -2.46. The van der Waals surface area contributed by atoms with E-state index in [9.17, 15) is 5.26 Å². The van der Waals surface area contributed by atoms with Gasteiger partial charge in [-0.15, -0.1) is 0 Å². The van der Waals surface area contributed by atoms with E-state index < -0.39 is 0 Å². The first-order chi connectivity index (χ1) is 8.87. The zero-order valence-electron chi connectivity index (χ0n) is 12.4. The van der Waals surface area contributed by atoms with E-state index in [1.807, 2.05) is 18.2 Å². The molecular formula is C17H24N2. The van der Waals surface area contributed by atoms with Gasteiger partial charge in [0.05, 0.1) is 11.5 Å². The van der Waals surface area contributed by atoms with Crippen molar-refractivity contribution in [3.05, 3.63) is 35.9 Å². The van der Waals surface area contributed by atoms with E-state index in [4.69, 9.17) is 0 Å². The number of hydrogen-bond acceptors (Lipinski definition) is 2. The van der Waals surface area contributed by atoms with E-state index in [0.717, 1.165) is 12.8 Å². The highest BCUT2D eigenvalue weighted by molar-refractivity contribution is 5.36. The Morgan fingerprint density at radius 3 is 2.32 bits per heavy atom. The fourth-order valence-corrected chi connectivity index (χ4v) is 2.65. The van der Waals surface area contributed by atoms with Crippen LogP contribution in [0, 0.1) is 16.7 Å². The molecule has 2 nitrogen and oxygen atoms in total. The minimum atomic E-state index is -0.267. The van der Waals surface area contributed by atoms with Crippen LogP contribution in [0.1, 0.15) is 46.1 Å². The van der Waals surface area contributed by atoms with Crippen molar-refractivity contribution in [2.24, 2.45) is 5.41 Å². The van der Waals surface area contributed by atoms with E-state index >= 15 is 0 Å². The van der Waals surface area contributed by atoms with Crippen molar-refractivity contribution in [1.29, 1.82) is 5.26 Å². The van der Waals surface area contributed by atoms with Crippen molar-refractivity contribution in [1.82, 2.24) is 5.32 Å². The molecule has 0 aliphatic heterocycles. The summed E-state index contributed by atoms with van der Waals surface area (Å²) in [5, 5.41) is 13.2. The highest BCUT2D eigenvalue weighted by Crippen LogP contribution is 2.43. The molecule has 0 amide bonds. The summed E-state index contributed by atoms with van der Waals surface area (Å²) in [4.78, 5) is 0. The molecule has 2 rings (SSSR count). The predicted octanol–water partition coefficient (Wildman–Crippen LogP) is 3.63. The number of nitrogens with zero attached hydrogens (tertiary/aromatic N) is 1. The molecule has 0 saturated heterocycles. The molecule has 102 valence electrons. The molecule has 1 unspecified atom stereocenters. The van der Waals surface area contributed by atoms with Crippen LogP contribution in [0.5, 0.6) is 0 Å². The maximum Gasteiger partial charge on any atom is 0.0852 e. The minimum absolute atomic E-state index is 0.262. The third-order valence-corrected chi connectivity index (χ3v) is 4.51. The number of hydrogen-bond donors (Lipinski definition) is 1. The van der Waals surface area contributed by atoms with Crippen molar-refractivity contribution in [2.45, 2.75) is 58.0 Å². The summed E-state index contributed by atoms with van der Waals surface area (Å²) in [5.41, 5.74) is 1.16. The first-order valence-corrected chi connectivity index (χ1v) is 7.10. The Bertz CT molecular complexity index is 458. The van der Waals surface area contributed by atoms with E-state index in [-0.39, 0.29) is 10.8 Å². The summed E-state index contributed by atoms with van der Waals surface area (Å²) in [5.74, 6) is 0. The van der Waals surface area contributed by atoms with Gasteiger partial charge in [0.1, 0.15) is 0 Å². The molecule has 1 aromatic rings. The van der Waals surface area contributed by atoms with Crippen LogP contribution in [0.4, 0.5) is 0 Å². The summed E-state index contributed by atoms with van der Waals surface area (Å²) in [7, 11) is 0. The van der Waals surface area contributed by atoms with Crippen molar-refractivity contribution in [3.8, 4) is 6.07 Å². The normalized spacial score (nSPS) is 28.3. The smallest absolute Gasteiger partial charge is 0.0852 e. The largest absolute Gasteiger partial charge is 0.311 e.